The van der Waals surface area contributed by atoms with E-state index < -0.39 is 16.1 Å². The van der Waals surface area contributed by atoms with Gasteiger partial charge in [0, 0.05) is 10.7 Å². The van der Waals surface area contributed by atoms with E-state index >= 15 is 0 Å². The second-order valence-electron chi connectivity index (χ2n) is 7.18. The summed E-state index contributed by atoms with van der Waals surface area (Å²) in [7, 11) is -3.72. The number of aryl methyl sites for hydroxylation is 4. The normalized spacial score (nSPS) is 12.5. The first-order valence-electron chi connectivity index (χ1n) is 9.10. The molecule has 1 unspecified atom stereocenters. The highest BCUT2D eigenvalue weighted by molar-refractivity contribution is 7.92. The van der Waals surface area contributed by atoms with E-state index in [1.165, 1.54) is 4.31 Å². The number of sulfonamides is 1. The lowest BCUT2D eigenvalue weighted by molar-refractivity contribution is -0.117. The maximum atomic E-state index is 13.1. The Morgan fingerprint density at radius 3 is 2.14 bits per heavy atom. The molecule has 0 aliphatic heterocycles. The van der Waals surface area contributed by atoms with Crippen molar-refractivity contribution >= 4 is 38.9 Å². The summed E-state index contributed by atoms with van der Waals surface area (Å²) in [6.45, 7) is 9.42. The zero-order valence-corrected chi connectivity index (χ0v) is 18.7. The third-order valence-electron chi connectivity index (χ3n) is 4.66. The van der Waals surface area contributed by atoms with Crippen molar-refractivity contribution in [3.05, 3.63) is 57.6 Å². The number of nitrogens with zero attached hydrogens (tertiary/aromatic N) is 1. The molecule has 7 heteroatoms. The van der Waals surface area contributed by atoms with E-state index in [4.69, 9.17) is 11.6 Å². The minimum Gasteiger partial charge on any atom is -0.324 e. The highest BCUT2D eigenvalue weighted by atomic mass is 35.5. The molecule has 0 heterocycles. The van der Waals surface area contributed by atoms with Crippen LogP contribution in [0.5, 0.6) is 0 Å². The van der Waals surface area contributed by atoms with Crippen LogP contribution in [0.25, 0.3) is 0 Å². The van der Waals surface area contributed by atoms with E-state index in [0.29, 0.717) is 22.8 Å². The lowest BCUT2D eigenvalue weighted by atomic mass is 10.0. The molecule has 0 radical (unpaired) electrons. The Morgan fingerprint density at radius 1 is 1.07 bits per heavy atom. The lowest BCUT2D eigenvalue weighted by Crippen LogP contribution is -2.47. The highest BCUT2D eigenvalue weighted by Gasteiger charge is 2.33. The molecule has 0 bridgehead atoms. The third kappa shape index (κ3) is 4.86. The smallest absolute Gasteiger partial charge is 0.248 e. The van der Waals surface area contributed by atoms with Crippen LogP contribution in [-0.4, -0.2) is 26.6 Å². The molecule has 0 aliphatic rings. The number of anilines is 2. The summed E-state index contributed by atoms with van der Waals surface area (Å²) in [5.74, 6) is -0.373. The highest BCUT2D eigenvalue weighted by Crippen LogP contribution is 2.30. The summed E-state index contributed by atoms with van der Waals surface area (Å²) >= 11 is 6.10. The number of hydrogen-bond acceptors (Lipinski definition) is 3. The van der Waals surface area contributed by atoms with Gasteiger partial charge in [-0.2, -0.15) is 0 Å². The van der Waals surface area contributed by atoms with Gasteiger partial charge in [0.1, 0.15) is 6.04 Å². The molecule has 152 valence electrons. The van der Waals surface area contributed by atoms with Crippen LogP contribution in [0.3, 0.4) is 0 Å². The van der Waals surface area contributed by atoms with Crippen LogP contribution in [0.4, 0.5) is 11.4 Å². The molecular weight excluding hydrogens is 396 g/mol. The standard InChI is InChI=1S/C21H27ClN2O3S/c1-7-18(21(25)23-20-15(4)10-13(2)11-16(20)5)24(28(6,26)27)19-12-17(22)9-8-14(19)3/h8-12,18H,7H2,1-6H3,(H,23,25). The van der Waals surface area contributed by atoms with E-state index in [9.17, 15) is 13.2 Å². The zero-order valence-electron chi connectivity index (χ0n) is 17.1. The Labute approximate surface area is 172 Å². The molecule has 1 atom stereocenters. The fraction of sp³-hybridized carbons (Fsp3) is 0.381. The van der Waals surface area contributed by atoms with Crippen LogP contribution in [0.1, 0.15) is 35.6 Å². The van der Waals surface area contributed by atoms with Crippen molar-refractivity contribution < 1.29 is 13.2 Å². The largest absolute Gasteiger partial charge is 0.324 e. The predicted molar refractivity (Wildman–Crippen MR) is 117 cm³/mol. The van der Waals surface area contributed by atoms with Crippen LogP contribution >= 0.6 is 11.6 Å². The minimum atomic E-state index is -3.72. The zero-order chi connectivity index (χ0) is 21.2. The summed E-state index contributed by atoms with van der Waals surface area (Å²) in [6.07, 6.45) is 1.42. The summed E-state index contributed by atoms with van der Waals surface area (Å²) in [5, 5.41) is 3.35. The molecule has 2 aromatic rings. The van der Waals surface area contributed by atoms with Gasteiger partial charge in [0.05, 0.1) is 11.9 Å². The molecule has 2 aromatic carbocycles. The maximum Gasteiger partial charge on any atom is 0.248 e. The average molecular weight is 423 g/mol. The number of hydrogen-bond donors (Lipinski definition) is 1. The Bertz CT molecular complexity index is 980. The molecule has 1 amide bonds. The SMILES string of the molecule is CCC(C(=O)Nc1c(C)cc(C)cc1C)N(c1cc(Cl)ccc1C)S(C)(=O)=O. The van der Waals surface area contributed by atoms with Crippen molar-refractivity contribution in [3.63, 3.8) is 0 Å². The van der Waals surface area contributed by atoms with Gasteiger partial charge < -0.3 is 5.32 Å². The summed E-state index contributed by atoms with van der Waals surface area (Å²) < 4.78 is 26.4. The van der Waals surface area contributed by atoms with Gasteiger partial charge in [0.15, 0.2) is 0 Å². The van der Waals surface area contributed by atoms with Crippen molar-refractivity contribution in [1.82, 2.24) is 0 Å². The van der Waals surface area contributed by atoms with Crippen LogP contribution in [0.15, 0.2) is 30.3 Å². The van der Waals surface area contributed by atoms with Gasteiger partial charge in [-0.25, -0.2) is 8.42 Å². The van der Waals surface area contributed by atoms with E-state index in [2.05, 4.69) is 5.32 Å². The predicted octanol–water partition coefficient (Wildman–Crippen LogP) is 4.76. The molecule has 0 fully saturated rings. The van der Waals surface area contributed by atoms with Gasteiger partial charge in [-0.3, -0.25) is 9.10 Å². The van der Waals surface area contributed by atoms with Crippen LogP contribution < -0.4 is 9.62 Å². The third-order valence-corrected chi connectivity index (χ3v) is 6.06. The number of carbonyl (C=O) groups is 1. The van der Waals surface area contributed by atoms with Crippen molar-refractivity contribution in [2.24, 2.45) is 0 Å². The fourth-order valence-electron chi connectivity index (χ4n) is 3.44. The summed E-state index contributed by atoms with van der Waals surface area (Å²) in [5.41, 5.74) is 4.83. The maximum absolute atomic E-state index is 13.1. The van der Waals surface area contributed by atoms with Gasteiger partial charge in [-0.1, -0.05) is 42.3 Å². The topological polar surface area (TPSA) is 66.5 Å². The molecular formula is C21H27ClN2O3S. The van der Waals surface area contributed by atoms with Gasteiger partial charge in [-0.15, -0.1) is 0 Å². The first-order valence-corrected chi connectivity index (χ1v) is 11.3. The number of halogens is 1. The van der Waals surface area contributed by atoms with E-state index in [1.54, 1.807) is 32.0 Å². The van der Waals surface area contributed by atoms with Crippen molar-refractivity contribution in [1.29, 1.82) is 0 Å². The van der Waals surface area contributed by atoms with Crippen LogP contribution in [0, 0.1) is 27.7 Å². The lowest BCUT2D eigenvalue weighted by Gasteiger charge is -2.31. The van der Waals surface area contributed by atoms with Gasteiger partial charge in [-0.05, 0) is 62.9 Å². The molecule has 0 saturated carbocycles. The molecule has 0 aliphatic carbocycles. The Kier molecular flexibility index (Phi) is 6.78. The second-order valence-corrected chi connectivity index (χ2v) is 9.47. The van der Waals surface area contributed by atoms with Gasteiger partial charge in [0.25, 0.3) is 0 Å². The molecule has 28 heavy (non-hydrogen) atoms. The van der Waals surface area contributed by atoms with Crippen molar-refractivity contribution in [2.45, 2.75) is 47.1 Å². The van der Waals surface area contributed by atoms with E-state index in [1.807, 2.05) is 32.9 Å². The Morgan fingerprint density at radius 2 is 1.64 bits per heavy atom. The first-order chi connectivity index (χ1) is 13.0. The Hall–Kier alpha value is -2.05. The molecule has 2 rings (SSSR count). The quantitative estimate of drug-likeness (QED) is 0.729. The number of rotatable bonds is 6. The number of benzene rings is 2. The second kappa shape index (κ2) is 8.53. The summed E-state index contributed by atoms with van der Waals surface area (Å²) in [4.78, 5) is 13.1. The monoisotopic (exact) mass is 422 g/mol. The minimum absolute atomic E-state index is 0.314. The fourth-order valence-corrected chi connectivity index (χ4v) is 4.87. The number of nitrogens with one attached hydrogen (secondary N) is 1. The van der Waals surface area contributed by atoms with Gasteiger partial charge >= 0.3 is 0 Å². The molecule has 1 N–H and O–H groups in total. The number of amides is 1. The van der Waals surface area contributed by atoms with Crippen molar-refractivity contribution in [2.75, 3.05) is 15.9 Å². The molecule has 0 spiro atoms. The van der Waals surface area contributed by atoms with Crippen molar-refractivity contribution in [3.8, 4) is 0 Å². The summed E-state index contributed by atoms with van der Waals surface area (Å²) in [6, 6.07) is 8.09. The van der Waals surface area contributed by atoms with E-state index in [0.717, 1.165) is 28.5 Å². The Balaban J connectivity index is 2.50. The molecule has 5 nitrogen and oxygen atoms in total. The number of carbonyl (C=O) groups excluding carboxylic acids is 1. The van der Waals surface area contributed by atoms with Gasteiger partial charge in [0.2, 0.25) is 15.9 Å². The first kappa shape index (κ1) is 22.2. The average Bonchev–Trinajstić information content (AvgIpc) is 2.57. The van der Waals surface area contributed by atoms with Crippen LogP contribution in [-0.2, 0) is 14.8 Å². The van der Waals surface area contributed by atoms with E-state index in [-0.39, 0.29) is 5.91 Å². The molecule has 0 aromatic heterocycles. The van der Waals surface area contributed by atoms with Crippen LogP contribution in [0.2, 0.25) is 5.02 Å². The molecule has 0 saturated heterocycles.